The van der Waals surface area contributed by atoms with E-state index in [1.807, 2.05) is 35.1 Å². The van der Waals surface area contributed by atoms with Crippen LogP contribution in [0.25, 0.3) is 21.9 Å². The molecule has 2 saturated heterocycles. The van der Waals surface area contributed by atoms with Gasteiger partial charge in [0.2, 0.25) is 11.8 Å². The number of aromatic nitrogens is 6. The number of alkyl halides is 1. The average Bonchev–Trinajstić information content (AvgIpc) is 3.66. The van der Waals surface area contributed by atoms with Crippen LogP contribution in [0, 0.1) is 5.92 Å². The van der Waals surface area contributed by atoms with Crippen molar-refractivity contribution in [1.29, 1.82) is 0 Å². The molecule has 1 unspecified atom stereocenters. The minimum absolute atomic E-state index is 0.00705. The molecule has 2 aromatic carbocycles. The Labute approximate surface area is 310 Å². The molecule has 14 nitrogen and oxygen atoms in total. The van der Waals surface area contributed by atoms with E-state index >= 15 is 0 Å². The van der Waals surface area contributed by atoms with E-state index in [4.69, 9.17) is 9.84 Å². The van der Waals surface area contributed by atoms with Gasteiger partial charge in [0.15, 0.2) is 0 Å². The fourth-order valence-electron chi connectivity index (χ4n) is 8.37. The maximum atomic E-state index is 14.4. The molecule has 282 valence electrons. The minimum Gasteiger partial charge on any atom is -0.494 e. The highest BCUT2D eigenvalue weighted by Crippen LogP contribution is 2.38. The summed E-state index contributed by atoms with van der Waals surface area (Å²) in [4.78, 5) is 61.5. The molecule has 3 amide bonds. The summed E-state index contributed by atoms with van der Waals surface area (Å²) >= 11 is 0. The molecule has 2 aliphatic heterocycles. The van der Waals surface area contributed by atoms with Crippen LogP contribution in [0.3, 0.4) is 0 Å². The predicted molar refractivity (Wildman–Crippen MR) is 199 cm³/mol. The Morgan fingerprint density at radius 3 is 2.57 bits per heavy atom. The van der Waals surface area contributed by atoms with Gasteiger partial charge in [-0.2, -0.15) is 5.10 Å². The summed E-state index contributed by atoms with van der Waals surface area (Å²) in [5.74, 6) is 0.0784. The summed E-state index contributed by atoms with van der Waals surface area (Å²) < 4.78 is 25.3. The third kappa shape index (κ3) is 6.54. The Kier molecular flexibility index (Phi) is 9.07. The molecule has 8 rings (SSSR count). The van der Waals surface area contributed by atoms with Crippen LogP contribution in [0.2, 0.25) is 0 Å². The van der Waals surface area contributed by atoms with Crippen LogP contribution >= 0.6 is 0 Å². The van der Waals surface area contributed by atoms with Crippen molar-refractivity contribution in [3.8, 4) is 5.75 Å². The van der Waals surface area contributed by atoms with E-state index in [1.165, 1.54) is 33.4 Å². The van der Waals surface area contributed by atoms with Crippen LogP contribution in [-0.2, 0) is 22.3 Å². The Balaban J connectivity index is 0.888. The van der Waals surface area contributed by atoms with E-state index in [1.54, 1.807) is 16.2 Å². The molecular formula is C39H44FN9O5. The van der Waals surface area contributed by atoms with E-state index < -0.39 is 23.5 Å². The van der Waals surface area contributed by atoms with Crippen LogP contribution < -0.4 is 21.1 Å². The highest BCUT2D eigenvalue weighted by atomic mass is 19.1. The molecule has 15 heteroatoms. The first-order chi connectivity index (χ1) is 25.9. The number of ether oxygens (including phenoxy) is 1. The first kappa shape index (κ1) is 35.6. The molecule has 54 heavy (non-hydrogen) atoms. The van der Waals surface area contributed by atoms with Gasteiger partial charge in [0.1, 0.15) is 23.2 Å². The van der Waals surface area contributed by atoms with Gasteiger partial charge in [0.25, 0.3) is 5.91 Å². The average molecular weight is 738 g/mol. The summed E-state index contributed by atoms with van der Waals surface area (Å²) in [5.41, 5.74) is 2.04. The quantitative estimate of drug-likeness (QED) is 0.204. The van der Waals surface area contributed by atoms with Gasteiger partial charge in [-0.15, -0.1) is 0 Å². The zero-order chi connectivity index (χ0) is 37.9. The van der Waals surface area contributed by atoms with Crippen LogP contribution in [0.5, 0.6) is 5.75 Å². The fourth-order valence-corrected chi connectivity index (χ4v) is 8.37. The normalized spacial score (nSPS) is 21.3. The number of hydrogen-bond donors (Lipinski definition) is 2. The number of carbonyl (C=O) groups excluding carboxylic acids is 3. The molecule has 5 aromatic rings. The number of anilines is 1. The maximum Gasteiger partial charge on any atom is 0.329 e. The lowest BCUT2D eigenvalue weighted by Crippen LogP contribution is -2.47. The van der Waals surface area contributed by atoms with E-state index in [0.29, 0.717) is 23.8 Å². The number of likely N-dealkylation sites (tertiary alicyclic amines) is 1. The van der Waals surface area contributed by atoms with Crippen molar-refractivity contribution in [3.63, 3.8) is 0 Å². The number of nitrogens with one attached hydrogen (secondary N) is 2. The maximum absolute atomic E-state index is 14.4. The smallest absolute Gasteiger partial charge is 0.329 e. The number of fused-ring (bicyclic) bond motifs is 2. The molecule has 0 spiro atoms. The van der Waals surface area contributed by atoms with Gasteiger partial charge in [-0.05, 0) is 69.6 Å². The summed E-state index contributed by atoms with van der Waals surface area (Å²) in [6.07, 6.45) is 9.35. The number of methoxy groups -OCH3 is 1. The van der Waals surface area contributed by atoms with Gasteiger partial charge in [-0.3, -0.25) is 38.5 Å². The Bertz CT molecular complexity index is 2340. The lowest BCUT2D eigenvalue weighted by molar-refractivity contribution is -0.135. The van der Waals surface area contributed by atoms with Crippen molar-refractivity contribution >= 4 is 45.3 Å². The largest absolute Gasteiger partial charge is 0.494 e. The summed E-state index contributed by atoms with van der Waals surface area (Å²) in [6, 6.07) is 9.14. The highest BCUT2D eigenvalue weighted by Gasteiger charge is 2.36. The molecular weight excluding hydrogens is 693 g/mol. The second-order valence-corrected chi connectivity index (χ2v) is 15.4. The zero-order valence-electron chi connectivity index (χ0n) is 30.8. The van der Waals surface area contributed by atoms with Crippen molar-refractivity contribution in [2.45, 2.75) is 76.0 Å². The monoisotopic (exact) mass is 737 g/mol. The molecule has 2 N–H and O–H groups in total. The number of rotatable bonds is 9. The molecule has 3 aromatic heterocycles. The molecule has 5 heterocycles. The van der Waals surface area contributed by atoms with Crippen molar-refractivity contribution in [2.75, 3.05) is 32.1 Å². The van der Waals surface area contributed by atoms with E-state index in [2.05, 4.69) is 31.6 Å². The van der Waals surface area contributed by atoms with Crippen molar-refractivity contribution in [1.82, 2.24) is 39.1 Å². The van der Waals surface area contributed by atoms with E-state index in [9.17, 15) is 23.6 Å². The molecule has 1 aliphatic carbocycles. The number of aryl methyl sites for hydroxylation is 1. The van der Waals surface area contributed by atoms with Crippen LogP contribution in [0.1, 0.15) is 92.1 Å². The Morgan fingerprint density at radius 1 is 1.07 bits per heavy atom. The topological polar surface area (TPSA) is 158 Å². The van der Waals surface area contributed by atoms with Crippen LogP contribution in [-0.4, -0.2) is 78.2 Å². The number of hydrogen-bond acceptors (Lipinski definition) is 9. The van der Waals surface area contributed by atoms with E-state index in [-0.39, 0.29) is 41.4 Å². The number of carbonyl (C=O) groups is 3. The number of benzene rings is 2. The standard InChI is InChI=1S/C39H44FN9O5/c1-39(2,40)33-17-41-16-29(42-33)36(51)43-28-14-23-21-48(45-27(23)15-32(28)54-4)25-10-8-22(9-11-25)18-47-19-24(20-47)26-6-5-7-30-35(26)46(3)38(53)49(30)31-12-13-34(50)44-37(31)52/h5-7,14-17,21-22,24-25,31H,8-13,18-20H2,1-4H3,(H,43,51)(H,44,50,52). The highest BCUT2D eigenvalue weighted by molar-refractivity contribution is 6.05. The number of halogens is 1. The second-order valence-electron chi connectivity index (χ2n) is 15.4. The number of para-hydroxylation sites is 1. The van der Waals surface area contributed by atoms with Gasteiger partial charge in [0.05, 0.1) is 53.5 Å². The van der Waals surface area contributed by atoms with Gasteiger partial charge >= 0.3 is 5.69 Å². The van der Waals surface area contributed by atoms with Crippen LogP contribution in [0.15, 0.2) is 53.7 Å². The van der Waals surface area contributed by atoms with Crippen molar-refractivity contribution in [2.24, 2.45) is 13.0 Å². The van der Waals surface area contributed by atoms with Crippen molar-refractivity contribution in [3.05, 3.63) is 76.4 Å². The Morgan fingerprint density at radius 2 is 1.85 bits per heavy atom. The first-order valence-electron chi connectivity index (χ1n) is 18.5. The molecule has 1 saturated carbocycles. The molecule has 0 bridgehead atoms. The first-order valence-corrected chi connectivity index (χ1v) is 18.5. The van der Waals surface area contributed by atoms with Crippen LogP contribution in [0.4, 0.5) is 10.1 Å². The number of imide groups is 1. The number of piperidine rings is 1. The molecule has 3 fully saturated rings. The van der Waals surface area contributed by atoms with Crippen molar-refractivity contribution < 1.29 is 23.5 Å². The fraction of sp³-hybridized carbons (Fsp3) is 0.462. The summed E-state index contributed by atoms with van der Waals surface area (Å²) in [7, 11) is 3.29. The Hall–Kier alpha value is -5.44. The predicted octanol–water partition coefficient (Wildman–Crippen LogP) is 4.75. The third-order valence-corrected chi connectivity index (χ3v) is 11.3. The lowest BCUT2D eigenvalue weighted by Gasteiger charge is -2.43. The van der Waals surface area contributed by atoms with Gasteiger partial charge in [0, 0.05) is 56.7 Å². The van der Waals surface area contributed by atoms with Gasteiger partial charge in [-0.25, -0.2) is 14.2 Å². The molecule has 0 radical (unpaired) electrons. The number of imidazole rings is 1. The van der Waals surface area contributed by atoms with E-state index in [0.717, 1.165) is 72.8 Å². The second kappa shape index (κ2) is 13.8. The number of nitrogens with zero attached hydrogens (tertiary/aromatic N) is 7. The minimum atomic E-state index is -1.73. The molecule has 3 aliphatic rings. The molecule has 1 atom stereocenters. The third-order valence-electron chi connectivity index (χ3n) is 11.3. The summed E-state index contributed by atoms with van der Waals surface area (Å²) in [6.45, 7) is 5.57. The summed E-state index contributed by atoms with van der Waals surface area (Å²) in [5, 5.41) is 11.0. The lowest BCUT2D eigenvalue weighted by atomic mass is 9.83. The van der Waals surface area contributed by atoms with Gasteiger partial charge < -0.3 is 15.0 Å². The number of amides is 3. The zero-order valence-corrected chi connectivity index (χ0v) is 30.8. The van der Waals surface area contributed by atoms with Gasteiger partial charge in [-0.1, -0.05) is 12.1 Å². The SMILES string of the molecule is COc1cc2nn(C3CCC(CN4CC(c5cccc6c5n(C)c(=O)n6C5CCC(=O)NC5=O)C4)CC3)cc2cc1NC(=O)c1cncc(C(C)(C)F)n1.